The predicted molar refractivity (Wildman–Crippen MR) is 70.3 cm³/mol. The molecule has 0 aromatic carbocycles. The van der Waals surface area contributed by atoms with E-state index in [1.54, 1.807) is 0 Å². The van der Waals surface area contributed by atoms with E-state index in [2.05, 4.69) is 37.2 Å². The summed E-state index contributed by atoms with van der Waals surface area (Å²) in [5.74, 6) is 2.07. The minimum atomic E-state index is 0.428. The van der Waals surface area contributed by atoms with Crippen molar-refractivity contribution in [1.82, 2.24) is 10.2 Å². The van der Waals surface area contributed by atoms with Gasteiger partial charge < -0.3 is 9.73 Å². The molecule has 0 amide bonds. The first kappa shape index (κ1) is 12.7. The van der Waals surface area contributed by atoms with Crippen LogP contribution in [0.15, 0.2) is 10.5 Å². The van der Waals surface area contributed by atoms with Crippen LogP contribution >= 0.6 is 0 Å². The number of hydrogen-bond donors (Lipinski definition) is 1. The van der Waals surface area contributed by atoms with Gasteiger partial charge in [0.25, 0.3) is 0 Å². The van der Waals surface area contributed by atoms with E-state index in [-0.39, 0.29) is 0 Å². The Balaban J connectivity index is 2.08. The Morgan fingerprint density at radius 1 is 1.47 bits per heavy atom. The summed E-state index contributed by atoms with van der Waals surface area (Å²) in [4.78, 5) is 2.48. The lowest BCUT2D eigenvalue weighted by Gasteiger charge is -2.35. The van der Waals surface area contributed by atoms with E-state index >= 15 is 0 Å². The van der Waals surface area contributed by atoms with E-state index in [4.69, 9.17) is 4.42 Å². The lowest BCUT2D eigenvalue weighted by atomic mass is 10.0. The Bertz CT molecular complexity index is 366. The highest BCUT2D eigenvalue weighted by atomic mass is 16.3. The summed E-state index contributed by atoms with van der Waals surface area (Å²) < 4.78 is 5.63. The van der Waals surface area contributed by atoms with Crippen LogP contribution in [0, 0.1) is 13.8 Å². The summed E-state index contributed by atoms with van der Waals surface area (Å²) in [6.45, 7) is 8.63. The maximum absolute atomic E-state index is 5.63. The van der Waals surface area contributed by atoms with Crippen molar-refractivity contribution < 1.29 is 4.42 Å². The molecule has 1 aromatic rings. The largest absolute Gasteiger partial charge is 0.466 e. The van der Waals surface area contributed by atoms with Crippen molar-refractivity contribution in [3.8, 4) is 0 Å². The monoisotopic (exact) mass is 236 g/mol. The molecule has 2 unspecified atom stereocenters. The zero-order chi connectivity index (χ0) is 12.4. The van der Waals surface area contributed by atoms with Crippen molar-refractivity contribution in [2.24, 2.45) is 0 Å². The number of nitrogens with zero attached hydrogens (tertiary/aromatic N) is 1. The van der Waals surface area contributed by atoms with Gasteiger partial charge in [0.2, 0.25) is 0 Å². The number of aryl methyl sites for hydroxylation is 2. The van der Waals surface area contributed by atoms with Gasteiger partial charge in [0, 0.05) is 24.2 Å². The fourth-order valence-electron chi connectivity index (χ4n) is 2.78. The third-order valence-electron chi connectivity index (χ3n) is 3.99. The van der Waals surface area contributed by atoms with Gasteiger partial charge in [0.05, 0.1) is 0 Å². The topological polar surface area (TPSA) is 28.4 Å². The summed E-state index contributed by atoms with van der Waals surface area (Å²) in [5, 5.41) is 3.48. The molecule has 96 valence electrons. The second kappa shape index (κ2) is 5.23. The molecule has 2 heterocycles. The van der Waals surface area contributed by atoms with Crippen LogP contribution in [-0.4, -0.2) is 31.1 Å². The third-order valence-corrected chi connectivity index (χ3v) is 3.99. The minimum Gasteiger partial charge on any atom is -0.466 e. The first-order valence-electron chi connectivity index (χ1n) is 6.59. The van der Waals surface area contributed by atoms with Gasteiger partial charge in [0.1, 0.15) is 11.5 Å². The standard InChI is InChI=1S/C14H24N2O/c1-10-8-14(12(3)17-10)11(2)16(4)13-6-5-7-15-9-13/h8,11,13,15H,5-7,9H2,1-4H3. The first-order chi connectivity index (χ1) is 8.09. The highest BCUT2D eigenvalue weighted by Gasteiger charge is 2.24. The highest BCUT2D eigenvalue weighted by Crippen LogP contribution is 2.27. The van der Waals surface area contributed by atoms with Crippen molar-refractivity contribution in [2.75, 3.05) is 20.1 Å². The van der Waals surface area contributed by atoms with E-state index < -0.39 is 0 Å². The predicted octanol–water partition coefficient (Wildman–Crippen LogP) is 2.64. The summed E-state index contributed by atoms with van der Waals surface area (Å²) in [6.07, 6.45) is 2.58. The zero-order valence-electron chi connectivity index (χ0n) is 11.4. The average molecular weight is 236 g/mol. The Labute approximate surface area is 104 Å². The molecule has 0 aliphatic carbocycles. The molecule has 0 spiro atoms. The molecular formula is C14H24N2O. The van der Waals surface area contributed by atoms with Gasteiger partial charge in [-0.15, -0.1) is 0 Å². The fraction of sp³-hybridized carbons (Fsp3) is 0.714. The minimum absolute atomic E-state index is 0.428. The number of nitrogens with one attached hydrogen (secondary N) is 1. The van der Waals surface area contributed by atoms with Gasteiger partial charge in [-0.2, -0.15) is 0 Å². The van der Waals surface area contributed by atoms with Crippen molar-refractivity contribution >= 4 is 0 Å². The Kier molecular flexibility index (Phi) is 3.89. The molecule has 1 fully saturated rings. The van der Waals surface area contributed by atoms with Crippen molar-refractivity contribution in [2.45, 2.75) is 45.7 Å². The van der Waals surface area contributed by atoms with Gasteiger partial charge in [0.15, 0.2) is 0 Å². The average Bonchev–Trinajstić information content (AvgIpc) is 2.68. The summed E-state index contributed by atoms with van der Waals surface area (Å²) >= 11 is 0. The van der Waals surface area contributed by atoms with Crippen molar-refractivity contribution in [3.63, 3.8) is 0 Å². The maximum atomic E-state index is 5.63. The van der Waals surface area contributed by atoms with Crippen LogP contribution in [0.5, 0.6) is 0 Å². The normalized spacial score (nSPS) is 23.0. The number of likely N-dealkylation sites (N-methyl/N-ethyl adjacent to an activating group) is 1. The van der Waals surface area contributed by atoms with Crippen molar-refractivity contribution in [1.29, 1.82) is 0 Å². The molecule has 1 N–H and O–H groups in total. The number of furan rings is 1. The van der Waals surface area contributed by atoms with E-state index in [1.165, 1.54) is 24.9 Å². The van der Waals surface area contributed by atoms with Crippen LogP contribution in [-0.2, 0) is 0 Å². The third kappa shape index (κ3) is 2.72. The fourth-order valence-corrected chi connectivity index (χ4v) is 2.78. The highest BCUT2D eigenvalue weighted by molar-refractivity contribution is 5.23. The zero-order valence-corrected chi connectivity index (χ0v) is 11.4. The smallest absolute Gasteiger partial charge is 0.105 e. The van der Waals surface area contributed by atoms with Crippen LogP contribution in [0.3, 0.4) is 0 Å². The Hall–Kier alpha value is -0.800. The Morgan fingerprint density at radius 2 is 2.24 bits per heavy atom. The van der Waals surface area contributed by atoms with E-state index in [0.29, 0.717) is 12.1 Å². The molecule has 0 bridgehead atoms. The molecule has 1 aromatic heterocycles. The molecule has 1 aliphatic rings. The van der Waals surface area contributed by atoms with E-state index in [1.807, 2.05) is 6.92 Å². The number of rotatable bonds is 3. The number of hydrogen-bond acceptors (Lipinski definition) is 3. The second-order valence-electron chi connectivity index (χ2n) is 5.21. The van der Waals surface area contributed by atoms with Crippen LogP contribution < -0.4 is 5.32 Å². The SMILES string of the molecule is Cc1cc(C(C)N(C)C2CCCNC2)c(C)o1. The molecule has 3 heteroatoms. The first-order valence-corrected chi connectivity index (χ1v) is 6.59. The lowest BCUT2D eigenvalue weighted by Crippen LogP contribution is -2.45. The molecular weight excluding hydrogens is 212 g/mol. The van der Waals surface area contributed by atoms with Gasteiger partial charge in [-0.3, -0.25) is 4.90 Å². The quantitative estimate of drug-likeness (QED) is 0.874. The molecule has 1 saturated heterocycles. The summed E-state index contributed by atoms with van der Waals surface area (Å²) in [6, 6.07) is 3.25. The molecule has 0 radical (unpaired) electrons. The molecule has 3 nitrogen and oxygen atoms in total. The second-order valence-corrected chi connectivity index (χ2v) is 5.21. The van der Waals surface area contributed by atoms with Crippen LogP contribution in [0.1, 0.15) is 42.9 Å². The molecule has 2 atom stereocenters. The summed E-state index contributed by atoms with van der Waals surface area (Å²) in [5.41, 5.74) is 1.33. The van der Waals surface area contributed by atoms with Crippen LogP contribution in [0.4, 0.5) is 0 Å². The Morgan fingerprint density at radius 3 is 2.76 bits per heavy atom. The van der Waals surface area contributed by atoms with Crippen molar-refractivity contribution in [3.05, 3.63) is 23.2 Å². The van der Waals surface area contributed by atoms with Crippen LogP contribution in [0.25, 0.3) is 0 Å². The van der Waals surface area contributed by atoms with E-state index in [0.717, 1.165) is 18.1 Å². The van der Waals surface area contributed by atoms with E-state index in [9.17, 15) is 0 Å². The molecule has 0 saturated carbocycles. The van der Waals surface area contributed by atoms with Crippen LogP contribution in [0.2, 0.25) is 0 Å². The maximum Gasteiger partial charge on any atom is 0.105 e. The lowest BCUT2D eigenvalue weighted by molar-refractivity contribution is 0.155. The molecule has 17 heavy (non-hydrogen) atoms. The van der Waals surface area contributed by atoms with Gasteiger partial charge in [-0.25, -0.2) is 0 Å². The van der Waals surface area contributed by atoms with Gasteiger partial charge in [-0.1, -0.05) is 0 Å². The van der Waals surface area contributed by atoms with Gasteiger partial charge >= 0.3 is 0 Å². The molecule has 2 rings (SSSR count). The van der Waals surface area contributed by atoms with Gasteiger partial charge in [-0.05, 0) is 53.3 Å². The summed E-state index contributed by atoms with van der Waals surface area (Å²) in [7, 11) is 2.23. The molecule has 1 aliphatic heterocycles. The number of piperidine rings is 1.